The van der Waals surface area contributed by atoms with E-state index in [1.165, 1.54) is 68.8 Å². The number of fused-ring (bicyclic) bond motifs is 1. The van der Waals surface area contributed by atoms with Crippen LogP contribution in [0.4, 0.5) is 39.8 Å². The zero-order chi connectivity index (χ0) is 44.3. The normalized spacial score (nSPS) is 12.4. The number of methoxy groups -OCH3 is 3. The van der Waals surface area contributed by atoms with Crippen LogP contribution < -0.4 is 25.3 Å². The summed E-state index contributed by atoms with van der Waals surface area (Å²) < 4.78 is 119. The Morgan fingerprint density at radius 1 is 0.574 bits per heavy atom. The Morgan fingerprint density at radius 2 is 1.11 bits per heavy atom. The summed E-state index contributed by atoms with van der Waals surface area (Å²) in [5, 5.41) is 31.1. The Balaban J connectivity index is 1.32. The van der Waals surface area contributed by atoms with E-state index in [0.717, 1.165) is 18.2 Å². The average Bonchev–Trinajstić information content (AvgIpc) is 3.21. The molecule has 6 aromatic rings. The number of nitrogens with one attached hydrogen (secondary N) is 1. The molecule has 0 bridgehead atoms. The molecule has 0 heterocycles. The molecule has 6 rings (SSSR count). The van der Waals surface area contributed by atoms with Crippen LogP contribution in [0.3, 0.4) is 0 Å². The monoisotopic (exact) mass is 890 g/mol. The van der Waals surface area contributed by atoms with Crippen molar-refractivity contribution in [3.8, 4) is 23.0 Å². The number of anilines is 3. The minimum Gasteiger partial charge on any atom is -0.505 e. The fourth-order valence-corrected chi connectivity index (χ4v) is 7.92. The maximum absolute atomic E-state index is 12.6. The van der Waals surface area contributed by atoms with E-state index in [9.17, 15) is 44.0 Å². The van der Waals surface area contributed by atoms with Crippen LogP contribution in [0.1, 0.15) is 11.1 Å². The third kappa shape index (κ3) is 10.1. The Kier molecular flexibility index (Phi) is 12.4. The molecular formula is C39H34N6O13S3. The van der Waals surface area contributed by atoms with Crippen molar-refractivity contribution in [3.63, 3.8) is 0 Å². The number of aromatic hydroxyl groups is 1. The van der Waals surface area contributed by atoms with Gasteiger partial charge in [-0.3, -0.25) is 13.7 Å². The van der Waals surface area contributed by atoms with Crippen molar-refractivity contribution < 1.29 is 58.2 Å². The van der Waals surface area contributed by atoms with Gasteiger partial charge < -0.3 is 30.4 Å². The molecule has 0 fully saturated rings. The number of phenolic OH excluding ortho intramolecular Hbond substituents is 1. The van der Waals surface area contributed by atoms with E-state index in [1.54, 1.807) is 43.5 Å². The molecule has 0 amide bonds. The summed E-state index contributed by atoms with van der Waals surface area (Å²) >= 11 is 0. The highest BCUT2D eigenvalue weighted by molar-refractivity contribution is 7.86. The molecule has 316 valence electrons. The number of phenols is 1. The van der Waals surface area contributed by atoms with Gasteiger partial charge in [0.1, 0.15) is 49.0 Å². The van der Waals surface area contributed by atoms with Gasteiger partial charge in [-0.05, 0) is 89.3 Å². The Morgan fingerprint density at radius 3 is 1.67 bits per heavy atom. The lowest BCUT2D eigenvalue weighted by Gasteiger charge is -2.12. The van der Waals surface area contributed by atoms with Crippen molar-refractivity contribution >= 4 is 93.1 Å². The number of hydrogen-bond acceptors (Lipinski definition) is 16. The van der Waals surface area contributed by atoms with Crippen molar-refractivity contribution in [1.29, 1.82) is 0 Å². The second kappa shape index (κ2) is 17.3. The highest BCUT2D eigenvalue weighted by atomic mass is 32.2. The van der Waals surface area contributed by atoms with E-state index < -0.39 is 56.5 Å². The lowest BCUT2D eigenvalue weighted by atomic mass is 10.1. The first-order valence-electron chi connectivity index (χ1n) is 17.2. The topological polar surface area (TPSA) is 299 Å². The van der Waals surface area contributed by atoms with Crippen LogP contribution >= 0.6 is 0 Å². The van der Waals surface area contributed by atoms with E-state index in [2.05, 4.69) is 25.8 Å². The van der Waals surface area contributed by atoms with Crippen LogP contribution in [0.5, 0.6) is 23.0 Å². The lowest BCUT2D eigenvalue weighted by Crippen LogP contribution is -2.02. The van der Waals surface area contributed by atoms with Crippen molar-refractivity contribution in [3.05, 3.63) is 108 Å². The molecule has 0 aromatic heterocycles. The number of rotatable bonds is 14. The molecule has 0 saturated heterocycles. The summed E-state index contributed by atoms with van der Waals surface area (Å²) in [6.07, 6.45) is 2.40. The first-order valence-corrected chi connectivity index (χ1v) is 21.6. The minimum atomic E-state index is -4.96. The highest BCUT2D eigenvalue weighted by Gasteiger charge is 2.23. The number of hydrogen-bond donors (Lipinski definition) is 6. The van der Waals surface area contributed by atoms with E-state index in [1.807, 2.05) is 0 Å². The van der Waals surface area contributed by atoms with Gasteiger partial charge in [0.25, 0.3) is 30.4 Å². The number of azo groups is 2. The lowest BCUT2D eigenvalue weighted by molar-refractivity contribution is 0.405. The number of benzene rings is 6. The summed E-state index contributed by atoms with van der Waals surface area (Å²) in [7, 11) is -10.4. The summed E-state index contributed by atoms with van der Waals surface area (Å²) in [6.45, 7) is 0. The van der Waals surface area contributed by atoms with Crippen LogP contribution in [0, 0.1) is 0 Å². The van der Waals surface area contributed by atoms with Gasteiger partial charge in [-0.15, -0.1) is 15.3 Å². The summed E-state index contributed by atoms with van der Waals surface area (Å²) in [6, 6.07) is 22.8. The Hall–Kier alpha value is -6.95. The molecule has 22 heteroatoms. The largest absolute Gasteiger partial charge is 0.505 e. The average molecular weight is 891 g/mol. The number of nitrogens with zero attached hydrogens (tertiary/aromatic N) is 4. The fourth-order valence-electron chi connectivity index (χ4n) is 5.84. The molecule has 61 heavy (non-hydrogen) atoms. The fraction of sp³-hybridized carbons (Fsp3) is 0.0769. The molecule has 19 nitrogen and oxygen atoms in total. The van der Waals surface area contributed by atoms with E-state index in [-0.39, 0.29) is 56.1 Å². The predicted octanol–water partition coefficient (Wildman–Crippen LogP) is 8.64. The summed E-state index contributed by atoms with van der Waals surface area (Å²) in [5.74, 6) is 0.0867. The molecule has 0 saturated carbocycles. The zero-order valence-electron chi connectivity index (χ0n) is 31.9. The molecule has 0 unspecified atom stereocenters. The second-order valence-electron chi connectivity index (χ2n) is 12.7. The maximum atomic E-state index is 12.6. The molecule has 0 aliphatic heterocycles. The third-order valence-electron chi connectivity index (χ3n) is 8.75. The Bertz CT molecular complexity index is 3120. The van der Waals surface area contributed by atoms with Crippen LogP contribution in [0.2, 0.25) is 0 Å². The Labute approximate surface area is 348 Å². The molecule has 0 aliphatic rings. The van der Waals surface area contributed by atoms with Gasteiger partial charge in [0.05, 0.1) is 27.0 Å². The summed E-state index contributed by atoms with van der Waals surface area (Å²) in [4.78, 5) is -1.88. The van der Waals surface area contributed by atoms with Crippen molar-refractivity contribution in [2.75, 3.05) is 32.4 Å². The SMILES string of the molecule is COc1ccc(Nc2ccc3c(O)c(N=Nc4cc(OC)c(N=Nc5ccc(C=Cc6ccc(N)cc6S(=O)(=O)O)c(S(=O)(=O)O)c5)cc4OC)c(S(=O)(=O)O)cc3c2)cc1. The quantitative estimate of drug-likeness (QED) is 0.0258. The van der Waals surface area contributed by atoms with E-state index >= 15 is 0 Å². The van der Waals surface area contributed by atoms with Crippen molar-refractivity contribution in [1.82, 2.24) is 0 Å². The van der Waals surface area contributed by atoms with Crippen LogP contribution in [-0.2, 0) is 30.4 Å². The summed E-state index contributed by atoms with van der Waals surface area (Å²) in [5.41, 5.74) is 6.20. The van der Waals surface area contributed by atoms with Gasteiger partial charge in [-0.2, -0.15) is 30.4 Å². The van der Waals surface area contributed by atoms with E-state index in [0.29, 0.717) is 17.1 Å². The smallest absolute Gasteiger partial charge is 0.296 e. The maximum Gasteiger partial charge on any atom is 0.296 e. The van der Waals surface area contributed by atoms with Gasteiger partial charge in [0, 0.05) is 34.6 Å². The molecule has 6 aromatic carbocycles. The molecule has 0 radical (unpaired) electrons. The van der Waals surface area contributed by atoms with Gasteiger partial charge >= 0.3 is 0 Å². The van der Waals surface area contributed by atoms with Gasteiger partial charge in [-0.25, -0.2) is 0 Å². The molecular weight excluding hydrogens is 857 g/mol. The van der Waals surface area contributed by atoms with E-state index in [4.69, 9.17) is 19.9 Å². The van der Waals surface area contributed by atoms with Crippen LogP contribution in [-0.4, -0.2) is 65.3 Å². The first-order chi connectivity index (χ1) is 28.8. The molecule has 0 aliphatic carbocycles. The number of nitrogens with two attached hydrogens (primary N) is 1. The first kappa shape index (κ1) is 43.6. The number of ether oxygens (including phenoxy) is 3. The molecule has 0 atom stereocenters. The van der Waals surface area contributed by atoms with Gasteiger partial charge in [-0.1, -0.05) is 24.3 Å². The standard InChI is InChI=1S/C39H34N6O13S3/c1-56-29-13-10-26(11-14-29)41-27-12-15-30-24(16-27)17-37(61(53,54)55)38(39(30)46)45-44-32-21-33(57-2)31(20-34(32)58-3)43-42-28-9-7-23(36(19-28)60(50,51)52)5-4-22-6-8-25(40)18-35(22)59(47,48)49/h4-21,41,46H,40H2,1-3H3,(H,47,48,49)(H,50,51,52)(H,53,54,55). The predicted molar refractivity (Wildman–Crippen MR) is 225 cm³/mol. The van der Waals surface area contributed by atoms with Crippen LogP contribution in [0.15, 0.2) is 132 Å². The van der Waals surface area contributed by atoms with Gasteiger partial charge in [0.2, 0.25) is 0 Å². The van der Waals surface area contributed by atoms with Crippen LogP contribution in [0.25, 0.3) is 22.9 Å². The zero-order valence-corrected chi connectivity index (χ0v) is 34.4. The van der Waals surface area contributed by atoms with Crippen molar-refractivity contribution in [2.24, 2.45) is 20.5 Å². The third-order valence-corrected chi connectivity index (χ3v) is 11.4. The molecule has 7 N–H and O–H groups in total. The van der Waals surface area contributed by atoms with Crippen molar-refractivity contribution in [2.45, 2.75) is 14.7 Å². The van der Waals surface area contributed by atoms with Gasteiger partial charge in [0.15, 0.2) is 5.75 Å². The minimum absolute atomic E-state index is 0.00692. The second-order valence-corrected chi connectivity index (χ2v) is 16.9. The highest BCUT2D eigenvalue weighted by Crippen LogP contribution is 2.45. The molecule has 0 spiro atoms. The number of nitrogen functional groups attached to an aromatic ring is 1.